The van der Waals surface area contributed by atoms with Gasteiger partial charge in [-0.3, -0.25) is 9.98 Å². The largest absolute Gasteiger partial charge is 0.351 e. The van der Waals surface area contributed by atoms with E-state index in [-0.39, 0.29) is 36.3 Å². The maximum Gasteiger partial charge on any atom is 0.191 e. The van der Waals surface area contributed by atoms with Gasteiger partial charge in [0.05, 0.1) is 23.8 Å². The first-order valence-corrected chi connectivity index (χ1v) is 7.32. The fourth-order valence-corrected chi connectivity index (χ4v) is 2.29. The molecule has 0 amide bonds. The van der Waals surface area contributed by atoms with Crippen molar-refractivity contribution in [3.05, 3.63) is 51.8 Å². The second-order valence-electron chi connectivity index (χ2n) is 4.54. The molecule has 23 heavy (non-hydrogen) atoms. The molecule has 0 bridgehead atoms. The lowest BCUT2D eigenvalue weighted by Crippen LogP contribution is -2.37. The molecule has 0 fully saturated rings. The van der Waals surface area contributed by atoms with E-state index < -0.39 is 0 Å². The van der Waals surface area contributed by atoms with Crippen molar-refractivity contribution in [3.63, 3.8) is 0 Å². The van der Waals surface area contributed by atoms with Crippen LogP contribution < -0.4 is 10.6 Å². The molecule has 0 aliphatic rings. The van der Waals surface area contributed by atoms with Crippen LogP contribution in [0.5, 0.6) is 0 Å². The number of hydrogen-bond acceptors (Lipinski definition) is 2. The Hall–Kier alpha value is -1.06. The Bertz CT molecular complexity index is 690. The Morgan fingerprint density at radius 3 is 2.61 bits per heavy atom. The van der Waals surface area contributed by atoms with Gasteiger partial charge in [-0.2, -0.15) is 0 Å². The Morgan fingerprint density at radius 1 is 1.35 bits per heavy atom. The fourth-order valence-electron chi connectivity index (χ4n) is 1.87. The van der Waals surface area contributed by atoms with Crippen LogP contribution in [-0.4, -0.2) is 22.6 Å². The van der Waals surface area contributed by atoms with Gasteiger partial charge in [-0.25, -0.2) is 4.39 Å². The summed E-state index contributed by atoms with van der Waals surface area (Å²) in [7, 11) is 3.46. The van der Waals surface area contributed by atoms with Crippen LogP contribution in [0.2, 0.25) is 10.2 Å². The van der Waals surface area contributed by atoms with Gasteiger partial charge in [0.1, 0.15) is 11.0 Å². The minimum atomic E-state index is -0.355. The van der Waals surface area contributed by atoms with Crippen LogP contribution in [0.4, 0.5) is 4.39 Å². The van der Waals surface area contributed by atoms with Gasteiger partial charge in [0.15, 0.2) is 5.96 Å². The molecule has 0 atom stereocenters. The first kappa shape index (κ1) is 20.0. The van der Waals surface area contributed by atoms with Gasteiger partial charge >= 0.3 is 0 Å². The zero-order chi connectivity index (χ0) is 16.1. The van der Waals surface area contributed by atoms with Crippen molar-refractivity contribution >= 4 is 53.1 Å². The van der Waals surface area contributed by atoms with Gasteiger partial charge in [0.25, 0.3) is 0 Å². The predicted molar refractivity (Wildman–Crippen MR) is 102 cm³/mol. The summed E-state index contributed by atoms with van der Waals surface area (Å²) in [5, 5.41) is 7.09. The number of halogens is 4. The Morgan fingerprint density at radius 2 is 2.04 bits per heavy atom. The minimum Gasteiger partial charge on any atom is -0.351 e. The van der Waals surface area contributed by atoms with E-state index in [1.807, 2.05) is 7.05 Å². The second kappa shape index (κ2) is 9.29. The molecular weight excluding hydrogens is 455 g/mol. The average Bonchev–Trinajstić information content (AvgIpc) is 2.76. The van der Waals surface area contributed by atoms with Crippen LogP contribution in [0.25, 0.3) is 0 Å². The van der Waals surface area contributed by atoms with E-state index in [0.29, 0.717) is 28.4 Å². The third kappa shape index (κ3) is 5.22. The van der Waals surface area contributed by atoms with Crippen molar-refractivity contribution in [1.29, 1.82) is 0 Å². The fraction of sp³-hybridized carbons (Fsp3) is 0.286. The molecule has 0 aliphatic carbocycles. The number of nitrogens with zero attached hydrogens (tertiary/aromatic N) is 3. The van der Waals surface area contributed by atoms with E-state index in [2.05, 4.69) is 20.6 Å². The molecule has 9 heteroatoms. The molecule has 5 nitrogen and oxygen atoms in total. The quantitative estimate of drug-likeness (QED) is 0.408. The molecule has 2 aromatic heterocycles. The summed E-state index contributed by atoms with van der Waals surface area (Å²) in [4.78, 5) is 8.05. The highest BCUT2D eigenvalue weighted by atomic mass is 127. The highest BCUT2D eigenvalue weighted by molar-refractivity contribution is 14.0. The van der Waals surface area contributed by atoms with Crippen molar-refractivity contribution in [1.82, 2.24) is 20.2 Å². The molecule has 0 saturated heterocycles. The Labute approximate surface area is 161 Å². The third-order valence-corrected chi connectivity index (χ3v) is 3.98. The van der Waals surface area contributed by atoms with Gasteiger partial charge in [0.2, 0.25) is 0 Å². The second-order valence-corrected chi connectivity index (χ2v) is 5.31. The highest BCUT2D eigenvalue weighted by Crippen LogP contribution is 2.24. The molecule has 0 aliphatic heterocycles. The van der Waals surface area contributed by atoms with E-state index in [1.165, 1.54) is 6.07 Å². The zero-order valence-electron chi connectivity index (χ0n) is 12.6. The maximum absolute atomic E-state index is 13.5. The first-order valence-electron chi connectivity index (χ1n) is 6.56. The van der Waals surface area contributed by atoms with E-state index >= 15 is 0 Å². The number of aliphatic imine (C=N–C) groups is 1. The van der Waals surface area contributed by atoms with Crippen LogP contribution in [0.1, 0.15) is 11.4 Å². The van der Waals surface area contributed by atoms with Crippen molar-refractivity contribution < 1.29 is 4.39 Å². The molecular formula is C14H17Cl2FIN5. The van der Waals surface area contributed by atoms with Crippen molar-refractivity contribution in [2.45, 2.75) is 13.1 Å². The third-order valence-electron chi connectivity index (χ3n) is 3.13. The normalized spacial score (nSPS) is 11.1. The first-order chi connectivity index (χ1) is 10.5. The Balaban J connectivity index is 0.00000264. The molecule has 2 N–H and O–H groups in total. The lowest BCUT2D eigenvalue weighted by molar-refractivity contribution is 0.592. The number of aromatic nitrogens is 2. The number of guanidine groups is 1. The average molecular weight is 472 g/mol. The van der Waals surface area contributed by atoms with E-state index in [0.717, 1.165) is 5.69 Å². The molecule has 126 valence electrons. The molecule has 0 saturated carbocycles. The summed E-state index contributed by atoms with van der Waals surface area (Å²) < 4.78 is 15.3. The van der Waals surface area contributed by atoms with Crippen LogP contribution in [0, 0.1) is 5.82 Å². The monoisotopic (exact) mass is 471 g/mol. The molecule has 0 spiro atoms. The topological polar surface area (TPSA) is 54.2 Å². The van der Waals surface area contributed by atoms with Crippen molar-refractivity contribution in [2.75, 3.05) is 7.05 Å². The van der Waals surface area contributed by atoms with Crippen LogP contribution in [-0.2, 0) is 20.1 Å². The highest BCUT2D eigenvalue weighted by Gasteiger charge is 2.09. The van der Waals surface area contributed by atoms with Gasteiger partial charge < -0.3 is 15.2 Å². The van der Waals surface area contributed by atoms with Crippen LogP contribution in [0.3, 0.4) is 0 Å². The summed E-state index contributed by atoms with van der Waals surface area (Å²) in [5.74, 6) is 0.171. The van der Waals surface area contributed by atoms with Crippen molar-refractivity contribution in [2.24, 2.45) is 12.0 Å². The molecule has 0 radical (unpaired) electrons. The summed E-state index contributed by atoms with van der Waals surface area (Å²) in [6, 6.07) is 4.70. The lowest BCUT2D eigenvalue weighted by atomic mass is 10.3. The summed E-state index contributed by atoms with van der Waals surface area (Å²) in [6.45, 7) is 0.717. The minimum absolute atomic E-state index is 0. The number of hydrogen-bond donors (Lipinski definition) is 2. The van der Waals surface area contributed by atoms with Gasteiger partial charge in [-0.05, 0) is 18.2 Å². The standard InChI is InChI=1S/C14H16Cl2FN5.HI/c1-18-14(21-8-12-11(17)4-3-5-19-12)20-7-9-6-10(15)13(16)22(9)2;/h3-6H,7-8H2,1-2H3,(H2,18,20,21);1H. The number of pyridine rings is 1. The zero-order valence-corrected chi connectivity index (χ0v) is 16.4. The van der Waals surface area contributed by atoms with Crippen LogP contribution >= 0.6 is 47.2 Å². The van der Waals surface area contributed by atoms with Gasteiger partial charge in [-0.15, -0.1) is 24.0 Å². The molecule has 0 unspecified atom stereocenters. The van der Waals surface area contributed by atoms with Gasteiger partial charge in [-0.1, -0.05) is 23.2 Å². The van der Waals surface area contributed by atoms with E-state index in [9.17, 15) is 4.39 Å². The lowest BCUT2D eigenvalue weighted by Gasteiger charge is -2.12. The van der Waals surface area contributed by atoms with Crippen molar-refractivity contribution in [3.8, 4) is 0 Å². The SMILES string of the molecule is CN=C(NCc1ncccc1F)NCc1cc(Cl)c(Cl)n1C.I. The number of rotatable bonds is 4. The smallest absolute Gasteiger partial charge is 0.191 e. The van der Waals surface area contributed by atoms with Crippen LogP contribution in [0.15, 0.2) is 29.4 Å². The maximum atomic E-state index is 13.5. The molecule has 2 rings (SSSR count). The Kier molecular flexibility index (Phi) is 8.07. The molecule has 2 aromatic rings. The molecule has 0 aromatic carbocycles. The predicted octanol–water partition coefficient (Wildman–Crippen LogP) is 3.35. The summed E-state index contributed by atoms with van der Waals surface area (Å²) in [6.07, 6.45) is 1.55. The van der Waals surface area contributed by atoms with Gasteiger partial charge in [0, 0.05) is 26.0 Å². The summed E-state index contributed by atoms with van der Waals surface area (Å²) in [5.41, 5.74) is 1.23. The molecule has 2 heterocycles. The summed E-state index contributed by atoms with van der Waals surface area (Å²) >= 11 is 12.0. The number of nitrogens with one attached hydrogen (secondary N) is 2. The van der Waals surface area contributed by atoms with E-state index in [1.54, 1.807) is 29.9 Å². The van der Waals surface area contributed by atoms with E-state index in [4.69, 9.17) is 23.2 Å².